The Morgan fingerprint density at radius 3 is 2.28 bits per heavy atom. The van der Waals surface area contributed by atoms with E-state index in [2.05, 4.69) is 20.2 Å². The van der Waals surface area contributed by atoms with Crippen molar-refractivity contribution in [2.45, 2.75) is 26.0 Å². The number of nitrogens with zero attached hydrogens (tertiary/aromatic N) is 4. The molecule has 0 amide bonds. The van der Waals surface area contributed by atoms with Crippen molar-refractivity contribution in [2.75, 3.05) is 12.4 Å². The number of aromatic nitrogens is 4. The van der Waals surface area contributed by atoms with Crippen molar-refractivity contribution in [1.29, 1.82) is 0 Å². The van der Waals surface area contributed by atoms with Crippen LogP contribution in [0, 0.1) is 0 Å². The fraction of sp³-hybridized carbons (Fsp3) is 0.217. The summed E-state index contributed by atoms with van der Waals surface area (Å²) in [5.41, 5.74) is 14.8. The quantitative estimate of drug-likeness (QED) is 0.443. The van der Waals surface area contributed by atoms with E-state index in [9.17, 15) is 4.39 Å². The number of benzene rings is 2. The predicted molar refractivity (Wildman–Crippen MR) is 119 cm³/mol. The summed E-state index contributed by atoms with van der Waals surface area (Å²) in [6.07, 6.45) is 1.67. The average Bonchev–Trinajstić information content (AvgIpc) is 3.29. The van der Waals surface area contributed by atoms with Gasteiger partial charge in [-0.1, -0.05) is 12.1 Å². The molecule has 0 fully saturated rings. The number of hydrogen-bond donors (Lipinski definition) is 2. The highest BCUT2D eigenvalue weighted by Crippen LogP contribution is 2.29. The summed E-state index contributed by atoms with van der Waals surface area (Å²) in [6, 6.07) is 13.8. The summed E-state index contributed by atoms with van der Waals surface area (Å²) < 4.78 is 24.2. The molecule has 4 rings (SSSR count). The Morgan fingerprint density at radius 2 is 1.62 bits per heavy atom. The van der Waals surface area contributed by atoms with E-state index in [4.69, 9.17) is 20.6 Å². The molecule has 0 saturated carbocycles. The average molecular weight is 434 g/mol. The number of halogens is 1. The van der Waals surface area contributed by atoms with E-state index in [-0.39, 0.29) is 23.7 Å². The van der Waals surface area contributed by atoms with Gasteiger partial charge in [0.05, 0.1) is 24.0 Å². The topological polar surface area (TPSA) is 126 Å². The first-order chi connectivity index (χ1) is 15.4. The second-order valence-electron chi connectivity index (χ2n) is 7.48. The molecule has 2 aromatic carbocycles. The van der Waals surface area contributed by atoms with Gasteiger partial charge in [0.1, 0.15) is 12.4 Å². The lowest BCUT2D eigenvalue weighted by Gasteiger charge is -2.10. The van der Waals surface area contributed by atoms with Gasteiger partial charge in [0.25, 0.3) is 5.89 Å². The van der Waals surface area contributed by atoms with Gasteiger partial charge in [-0.15, -0.1) is 10.2 Å². The van der Waals surface area contributed by atoms with Crippen LogP contribution in [0.5, 0.6) is 5.75 Å². The highest BCUT2D eigenvalue weighted by atomic mass is 19.1. The van der Waals surface area contributed by atoms with Crippen molar-refractivity contribution in [3.8, 4) is 40.0 Å². The Morgan fingerprint density at radius 1 is 0.969 bits per heavy atom. The van der Waals surface area contributed by atoms with E-state index in [1.165, 1.54) is 0 Å². The van der Waals surface area contributed by atoms with Crippen LogP contribution in [0.3, 0.4) is 0 Å². The number of rotatable bonds is 7. The minimum absolute atomic E-state index is 0.0899. The molecule has 0 aliphatic carbocycles. The lowest BCUT2D eigenvalue weighted by molar-refractivity contribution is 0.242. The van der Waals surface area contributed by atoms with Crippen LogP contribution in [0.2, 0.25) is 0 Å². The zero-order valence-corrected chi connectivity index (χ0v) is 17.7. The van der Waals surface area contributed by atoms with Crippen molar-refractivity contribution in [2.24, 2.45) is 5.73 Å². The second-order valence-corrected chi connectivity index (χ2v) is 7.48. The summed E-state index contributed by atoms with van der Waals surface area (Å²) >= 11 is 0. The Balaban J connectivity index is 1.60. The van der Waals surface area contributed by atoms with E-state index in [0.29, 0.717) is 22.5 Å². The van der Waals surface area contributed by atoms with E-state index >= 15 is 0 Å². The van der Waals surface area contributed by atoms with Crippen molar-refractivity contribution in [3.63, 3.8) is 0 Å². The van der Waals surface area contributed by atoms with Gasteiger partial charge in [0.2, 0.25) is 5.89 Å². The van der Waals surface area contributed by atoms with Crippen LogP contribution >= 0.6 is 0 Å². The molecule has 8 nitrogen and oxygen atoms in total. The smallest absolute Gasteiger partial charge is 0.270 e. The molecule has 9 heteroatoms. The van der Waals surface area contributed by atoms with Crippen LogP contribution in [-0.2, 0) is 0 Å². The molecule has 2 heterocycles. The standard InChI is InChI=1S/C23H23FN6O2/c1-13(2)31-17-9-7-15(8-10-17)19-12-27-21(26)20(28-19)23-30-29-22(32-23)16-5-3-14(4-6-16)18(25)11-24/h3-10,12-13,18H,11,25H2,1-2H3,(H2,26,27). The third kappa shape index (κ3) is 4.57. The molecule has 1 unspecified atom stereocenters. The van der Waals surface area contributed by atoms with Crippen LogP contribution < -0.4 is 16.2 Å². The fourth-order valence-corrected chi connectivity index (χ4v) is 3.07. The van der Waals surface area contributed by atoms with E-state index in [1.807, 2.05) is 38.1 Å². The first-order valence-electron chi connectivity index (χ1n) is 10.1. The maximum Gasteiger partial charge on any atom is 0.270 e. The van der Waals surface area contributed by atoms with Crippen LogP contribution in [0.15, 0.2) is 59.1 Å². The third-order valence-corrected chi connectivity index (χ3v) is 4.70. The normalized spacial score (nSPS) is 12.2. The van der Waals surface area contributed by atoms with E-state index in [1.54, 1.807) is 30.5 Å². The minimum atomic E-state index is -0.661. The van der Waals surface area contributed by atoms with Crippen molar-refractivity contribution in [3.05, 3.63) is 60.3 Å². The summed E-state index contributed by atoms with van der Waals surface area (Å²) in [6.45, 7) is 3.31. The first-order valence-corrected chi connectivity index (χ1v) is 10.1. The van der Waals surface area contributed by atoms with Gasteiger partial charge in [-0.2, -0.15) is 0 Å². The largest absolute Gasteiger partial charge is 0.491 e. The lowest BCUT2D eigenvalue weighted by atomic mass is 10.1. The predicted octanol–water partition coefficient (Wildman–Crippen LogP) is 4.20. The van der Waals surface area contributed by atoms with Crippen molar-refractivity contribution < 1.29 is 13.5 Å². The number of alkyl halides is 1. The summed E-state index contributed by atoms with van der Waals surface area (Å²) in [5.74, 6) is 1.37. The van der Waals surface area contributed by atoms with Gasteiger partial charge in [-0.3, -0.25) is 0 Å². The molecule has 0 aliphatic heterocycles. The molecule has 1 atom stereocenters. The van der Waals surface area contributed by atoms with Gasteiger partial charge in [-0.05, 0) is 55.8 Å². The molecule has 0 bridgehead atoms. The molecule has 32 heavy (non-hydrogen) atoms. The molecule has 4 N–H and O–H groups in total. The zero-order valence-electron chi connectivity index (χ0n) is 17.7. The molecule has 2 aromatic heterocycles. The Bertz CT molecular complexity index is 1190. The highest BCUT2D eigenvalue weighted by Gasteiger charge is 2.17. The molecule has 164 valence electrons. The molecule has 4 aromatic rings. The van der Waals surface area contributed by atoms with Crippen molar-refractivity contribution in [1.82, 2.24) is 20.2 Å². The minimum Gasteiger partial charge on any atom is -0.491 e. The number of anilines is 1. The fourth-order valence-electron chi connectivity index (χ4n) is 3.07. The zero-order chi connectivity index (χ0) is 22.7. The SMILES string of the molecule is CC(C)Oc1ccc(-c2cnc(N)c(-c3nnc(-c4ccc(C(N)CF)cc4)o3)n2)cc1. The van der Waals surface area contributed by atoms with Gasteiger partial charge < -0.3 is 20.6 Å². The monoisotopic (exact) mass is 434 g/mol. The van der Waals surface area contributed by atoms with Crippen LogP contribution in [0.4, 0.5) is 10.2 Å². The molecule has 0 saturated heterocycles. The molecule has 0 aliphatic rings. The van der Waals surface area contributed by atoms with Crippen LogP contribution in [0.25, 0.3) is 34.3 Å². The molecular formula is C23H23FN6O2. The lowest BCUT2D eigenvalue weighted by Crippen LogP contribution is -2.11. The number of nitrogens with two attached hydrogens (primary N) is 2. The Hall–Kier alpha value is -3.85. The summed E-state index contributed by atoms with van der Waals surface area (Å²) in [7, 11) is 0. The van der Waals surface area contributed by atoms with Gasteiger partial charge >= 0.3 is 0 Å². The van der Waals surface area contributed by atoms with Crippen molar-refractivity contribution >= 4 is 5.82 Å². The van der Waals surface area contributed by atoms with E-state index < -0.39 is 12.7 Å². The number of ether oxygens (including phenoxy) is 1. The highest BCUT2D eigenvalue weighted by molar-refractivity contribution is 5.69. The third-order valence-electron chi connectivity index (χ3n) is 4.70. The summed E-state index contributed by atoms with van der Waals surface area (Å²) in [4.78, 5) is 8.81. The van der Waals surface area contributed by atoms with E-state index in [0.717, 1.165) is 11.3 Å². The number of nitrogen functional groups attached to an aromatic ring is 1. The molecular weight excluding hydrogens is 411 g/mol. The van der Waals surface area contributed by atoms with Crippen LogP contribution in [0.1, 0.15) is 25.5 Å². The van der Waals surface area contributed by atoms with Crippen LogP contribution in [-0.4, -0.2) is 32.9 Å². The molecule has 0 spiro atoms. The van der Waals surface area contributed by atoms with Gasteiger partial charge in [0.15, 0.2) is 11.5 Å². The maximum absolute atomic E-state index is 12.8. The van der Waals surface area contributed by atoms with Gasteiger partial charge in [-0.25, -0.2) is 14.4 Å². The van der Waals surface area contributed by atoms with Gasteiger partial charge in [0, 0.05) is 11.1 Å². The molecule has 0 radical (unpaired) electrons. The maximum atomic E-state index is 12.8. The first kappa shape index (κ1) is 21.4. The number of hydrogen-bond acceptors (Lipinski definition) is 8. The Kier molecular flexibility index (Phi) is 6.09. The summed E-state index contributed by atoms with van der Waals surface area (Å²) in [5, 5.41) is 8.15. The second kappa shape index (κ2) is 9.11. The Labute approximate surface area is 184 Å².